The number of hydrogen-bond donors (Lipinski definition) is 1. The maximum absolute atomic E-state index is 12.1. The second-order valence-electron chi connectivity index (χ2n) is 5.16. The lowest BCUT2D eigenvalue weighted by molar-refractivity contribution is -0.385. The first-order chi connectivity index (χ1) is 9.74. The van der Waals surface area contributed by atoms with E-state index in [1.165, 1.54) is 12.1 Å². The van der Waals surface area contributed by atoms with Crippen LogP contribution in [-0.4, -0.2) is 19.9 Å². The van der Waals surface area contributed by atoms with Crippen molar-refractivity contribution in [2.24, 2.45) is 5.92 Å². The SMILES string of the molecule is CC(C)CCCCNS(=O)(=O)c1cc([N+](=O)[O-])ccc1Cl. The van der Waals surface area contributed by atoms with Crippen molar-refractivity contribution in [2.45, 2.75) is 38.0 Å². The molecule has 0 saturated carbocycles. The van der Waals surface area contributed by atoms with Gasteiger partial charge in [-0.1, -0.05) is 38.3 Å². The van der Waals surface area contributed by atoms with Gasteiger partial charge in [0.15, 0.2) is 0 Å². The van der Waals surface area contributed by atoms with E-state index < -0.39 is 14.9 Å². The summed E-state index contributed by atoms with van der Waals surface area (Å²) in [5.74, 6) is 0.577. The summed E-state index contributed by atoms with van der Waals surface area (Å²) in [4.78, 5) is 9.79. The zero-order valence-electron chi connectivity index (χ0n) is 12.0. The number of non-ortho nitro benzene ring substituents is 1. The summed E-state index contributed by atoms with van der Waals surface area (Å²) >= 11 is 5.83. The van der Waals surface area contributed by atoms with E-state index in [1.54, 1.807) is 0 Å². The molecule has 0 aliphatic rings. The zero-order valence-corrected chi connectivity index (χ0v) is 13.6. The third kappa shape index (κ3) is 5.61. The quantitative estimate of drug-likeness (QED) is 0.448. The van der Waals surface area contributed by atoms with Gasteiger partial charge in [-0.15, -0.1) is 0 Å². The van der Waals surface area contributed by atoms with Gasteiger partial charge in [0.1, 0.15) is 4.90 Å². The van der Waals surface area contributed by atoms with Crippen LogP contribution in [0.2, 0.25) is 5.02 Å². The van der Waals surface area contributed by atoms with Gasteiger partial charge in [0.2, 0.25) is 10.0 Å². The topological polar surface area (TPSA) is 89.3 Å². The Bertz CT molecular complexity index is 602. The Balaban J connectivity index is 2.74. The van der Waals surface area contributed by atoms with Crippen LogP contribution in [0.4, 0.5) is 5.69 Å². The number of unbranched alkanes of at least 4 members (excludes halogenated alkanes) is 1. The van der Waals surface area contributed by atoms with Crippen molar-refractivity contribution in [3.8, 4) is 0 Å². The fourth-order valence-electron chi connectivity index (χ4n) is 1.77. The van der Waals surface area contributed by atoms with E-state index >= 15 is 0 Å². The fraction of sp³-hybridized carbons (Fsp3) is 0.538. The number of nitro groups is 1. The maximum Gasteiger partial charge on any atom is 0.270 e. The highest BCUT2D eigenvalue weighted by atomic mass is 35.5. The average Bonchev–Trinajstić information content (AvgIpc) is 2.37. The number of nitrogens with zero attached hydrogens (tertiary/aromatic N) is 1. The molecular weight excluding hydrogens is 316 g/mol. The highest BCUT2D eigenvalue weighted by Crippen LogP contribution is 2.25. The highest BCUT2D eigenvalue weighted by molar-refractivity contribution is 7.89. The van der Waals surface area contributed by atoms with Gasteiger partial charge < -0.3 is 0 Å². The second-order valence-corrected chi connectivity index (χ2v) is 7.30. The Morgan fingerprint density at radius 1 is 1.33 bits per heavy atom. The summed E-state index contributed by atoms with van der Waals surface area (Å²) in [5.41, 5.74) is -0.306. The van der Waals surface area contributed by atoms with E-state index in [4.69, 9.17) is 11.6 Å². The zero-order chi connectivity index (χ0) is 16.0. The molecule has 1 N–H and O–H groups in total. The van der Waals surface area contributed by atoms with Gasteiger partial charge in [0.05, 0.1) is 9.95 Å². The van der Waals surface area contributed by atoms with Crippen LogP contribution in [0.1, 0.15) is 33.1 Å². The molecule has 6 nitrogen and oxygen atoms in total. The van der Waals surface area contributed by atoms with E-state index in [0.717, 1.165) is 18.9 Å². The number of nitro benzene ring substituents is 1. The van der Waals surface area contributed by atoms with Crippen LogP contribution in [0, 0.1) is 16.0 Å². The van der Waals surface area contributed by atoms with Gasteiger partial charge in [-0.25, -0.2) is 13.1 Å². The summed E-state index contributed by atoms with van der Waals surface area (Å²) in [6.07, 6.45) is 2.66. The Labute approximate surface area is 129 Å². The number of sulfonamides is 1. The number of nitrogens with one attached hydrogen (secondary N) is 1. The van der Waals surface area contributed by atoms with Crippen LogP contribution >= 0.6 is 11.6 Å². The van der Waals surface area contributed by atoms with Gasteiger partial charge >= 0.3 is 0 Å². The molecule has 0 unspecified atom stereocenters. The molecule has 8 heteroatoms. The van der Waals surface area contributed by atoms with Crippen LogP contribution in [0.5, 0.6) is 0 Å². The Kier molecular flexibility index (Phi) is 6.57. The minimum atomic E-state index is -3.83. The Hall–Kier alpha value is -1.18. The molecule has 1 aromatic carbocycles. The van der Waals surface area contributed by atoms with Crippen LogP contribution in [0.25, 0.3) is 0 Å². The van der Waals surface area contributed by atoms with Gasteiger partial charge in [0, 0.05) is 18.7 Å². The third-order valence-corrected chi connectivity index (χ3v) is 4.86. The Morgan fingerprint density at radius 2 is 2.00 bits per heavy atom. The lowest BCUT2D eigenvalue weighted by Gasteiger charge is -2.09. The van der Waals surface area contributed by atoms with Crippen LogP contribution in [-0.2, 0) is 10.0 Å². The molecule has 1 aromatic rings. The lowest BCUT2D eigenvalue weighted by atomic mass is 10.1. The van der Waals surface area contributed by atoms with Crippen LogP contribution in [0.15, 0.2) is 23.1 Å². The van der Waals surface area contributed by atoms with Crippen molar-refractivity contribution < 1.29 is 13.3 Å². The normalized spacial score (nSPS) is 11.8. The molecule has 0 heterocycles. The van der Waals surface area contributed by atoms with Gasteiger partial charge in [0.25, 0.3) is 5.69 Å². The average molecular weight is 335 g/mol. The lowest BCUT2D eigenvalue weighted by Crippen LogP contribution is -2.25. The van der Waals surface area contributed by atoms with E-state index in [-0.39, 0.29) is 22.2 Å². The smallest absolute Gasteiger partial charge is 0.258 e. The fourth-order valence-corrected chi connectivity index (χ4v) is 3.36. The van der Waals surface area contributed by atoms with E-state index in [2.05, 4.69) is 18.6 Å². The molecule has 0 spiro atoms. The summed E-state index contributed by atoms with van der Waals surface area (Å²) in [7, 11) is -3.83. The molecule has 0 aliphatic heterocycles. The predicted octanol–water partition coefficient (Wildman–Crippen LogP) is 3.35. The number of rotatable bonds is 8. The van der Waals surface area contributed by atoms with Gasteiger partial charge in [-0.05, 0) is 18.4 Å². The first-order valence-electron chi connectivity index (χ1n) is 6.67. The minimum absolute atomic E-state index is 0.0321. The first kappa shape index (κ1) is 17.9. The van der Waals surface area contributed by atoms with Crippen molar-refractivity contribution in [2.75, 3.05) is 6.54 Å². The van der Waals surface area contributed by atoms with Crippen LogP contribution < -0.4 is 4.72 Å². The number of benzene rings is 1. The summed E-state index contributed by atoms with van der Waals surface area (Å²) in [6, 6.07) is 3.36. The minimum Gasteiger partial charge on any atom is -0.258 e. The standard InChI is InChI=1S/C13H19ClN2O4S/c1-10(2)5-3-4-8-15-21(19,20)13-9-11(16(17)18)6-7-12(13)14/h6-7,9-10,15H,3-5,8H2,1-2H3. The van der Waals surface area contributed by atoms with E-state index in [0.29, 0.717) is 12.3 Å². The third-order valence-electron chi connectivity index (χ3n) is 2.92. The van der Waals surface area contributed by atoms with Gasteiger partial charge in [-0.3, -0.25) is 10.1 Å². The van der Waals surface area contributed by atoms with Crippen LogP contribution in [0.3, 0.4) is 0 Å². The Morgan fingerprint density at radius 3 is 2.57 bits per heavy atom. The summed E-state index contributed by atoms with van der Waals surface area (Å²) < 4.78 is 26.6. The molecule has 0 atom stereocenters. The van der Waals surface area contributed by atoms with E-state index in [9.17, 15) is 18.5 Å². The molecule has 0 bridgehead atoms. The summed E-state index contributed by atoms with van der Waals surface area (Å²) in [5, 5.41) is 10.7. The largest absolute Gasteiger partial charge is 0.270 e. The molecule has 0 aromatic heterocycles. The van der Waals surface area contributed by atoms with Crippen molar-refractivity contribution >= 4 is 27.3 Å². The number of hydrogen-bond acceptors (Lipinski definition) is 4. The summed E-state index contributed by atoms with van der Waals surface area (Å²) in [6.45, 7) is 4.49. The molecule has 118 valence electrons. The number of halogens is 1. The maximum atomic E-state index is 12.1. The molecule has 0 fully saturated rings. The molecule has 21 heavy (non-hydrogen) atoms. The molecule has 0 radical (unpaired) electrons. The second kappa shape index (κ2) is 7.72. The molecule has 0 amide bonds. The van der Waals surface area contributed by atoms with Crippen molar-refractivity contribution in [1.29, 1.82) is 0 Å². The molecule has 0 saturated heterocycles. The molecular formula is C13H19ClN2O4S. The van der Waals surface area contributed by atoms with E-state index in [1.807, 2.05) is 0 Å². The van der Waals surface area contributed by atoms with Gasteiger partial charge in [-0.2, -0.15) is 0 Å². The first-order valence-corrected chi connectivity index (χ1v) is 8.53. The monoisotopic (exact) mass is 334 g/mol. The highest BCUT2D eigenvalue weighted by Gasteiger charge is 2.21. The van der Waals surface area contributed by atoms with Crippen molar-refractivity contribution in [1.82, 2.24) is 4.72 Å². The molecule has 1 rings (SSSR count). The molecule has 0 aliphatic carbocycles. The van der Waals surface area contributed by atoms with Crippen molar-refractivity contribution in [3.05, 3.63) is 33.3 Å². The van der Waals surface area contributed by atoms with Crippen molar-refractivity contribution in [3.63, 3.8) is 0 Å². The predicted molar refractivity (Wildman–Crippen MR) is 82.0 cm³/mol.